The molecule has 2 fully saturated rings. The van der Waals surface area contributed by atoms with Crippen LogP contribution < -0.4 is 5.32 Å². The highest BCUT2D eigenvalue weighted by atomic mass is 16.5. The number of hydrogen-bond acceptors (Lipinski definition) is 3. The average Bonchev–Trinajstić information content (AvgIpc) is 2.57. The highest BCUT2D eigenvalue weighted by molar-refractivity contribution is 4.87. The lowest BCUT2D eigenvalue weighted by Crippen LogP contribution is -2.43. The molecular weight excluding hydrogens is 166 g/mol. The van der Waals surface area contributed by atoms with E-state index in [9.17, 15) is 5.11 Å². The van der Waals surface area contributed by atoms with Crippen LogP contribution in [-0.2, 0) is 4.74 Å². The molecule has 3 nitrogen and oxygen atoms in total. The molecule has 0 aromatic rings. The second kappa shape index (κ2) is 3.95. The van der Waals surface area contributed by atoms with Crippen molar-refractivity contribution in [1.82, 2.24) is 5.32 Å². The van der Waals surface area contributed by atoms with Gasteiger partial charge in [-0.3, -0.25) is 0 Å². The largest absolute Gasteiger partial charge is 0.390 e. The van der Waals surface area contributed by atoms with Crippen LogP contribution in [0.3, 0.4) is 0 Å². The van der Waals surface area contributed by atoms with Crippen molar-refractivity contribution in [2.75, 3.05) is 19.7 Å². The van der Waals surface area contributed by atoms with Crippen LogP contribution in [0.1, 0.15) is 32.1 Å². The number of hydrogen-bond donors (Lipinski definition) is 2. The van der Waals surface area contributed by atoms with Crippen LogP contribution in [0, 0.1) is 0 Å². The first-order chi connectivity index (χ1) is 6.29. The maximum atomic E-state index is 10.2. The van der Waals surface area contributed by atoms with Crippen molar-refractivity contribution in [2.45, 2.75) is 43.8 Å². The van der Waals surface area contributed by atoms with Crippen molar-refractivity contribution in [3.05, 3.63) is 0 Å². The van der Waals surface area contributed by atoms with E-state index in [-0.39, 0.29) is 0 Å². The molecule has 2 heterocycles. The Morgan fingerprint density at radius 1 is 1.38 bits per heavy atom. The highest BCUT2D eigenvalue weighted by Crippen LogP contribution is 2.28. The predicted octanol–water partition coefficient (Wildman–Crippen LogP) is 0.670. The van der Waals surface area contributed by atoms with Crippen LogP contribution in [0.25, 0.3) is 0 Å². The summed E-state index contributed by atoms with van der Waals surface area (Å²) in [5.41, 5.74) is -0.444. The van der Waals surface area contributed by atoms with Gasteiger partial charge in [-0.2, -0.15) is 0 Å². The van der Waals surface area contributed by atoms with Crippen LogP contribution >= 0.6 is 0 Å². The molecule has 2 aliphatic rings. The molecule has 0 spiro atoms. The van der Waals surface area contributed by atoms with E-state index in [1.807, 2.05) is 0 Å². The number of ether oxygens (including phenoxy) is 1. The fourth-order valence-corrected chi connectivity index (χ4v) is 2.33. The van der Waals surface area contributed by atoms with Crippen molar-refractivity contribution in [2.24, 2.45) is 0 Å². The molecule has 2 aliphatic heterocycles. The van der Waals surface area contributed by atoms with Crippen LogP contribution in [-0.4, -0.2) is 36.5 Å². The van der Waals surface area contributed by atoms with Crippen molar-refractivity contribution in [1.29, 1.82) is 0 Å². The van der Waals surface area contributed by atoms with Gasteiger partial charge in [0.2, 0.25) is 0 Å². The summed E-state index contributed by atoms with van der Waals surface area (Å²) in [5, 5.41) is 13.5. The van der Waals surface area contributed by atoms with E-state index in [1.165, 1.54) is 6.42 Å². The second-order valence-corrected chi connectivity index (χ2v) is 4.31. The van der Waals surface area contributed by atoms with E-state index in [1.54, 1.807) is 0 Å². The van der Waals surface area contributed by atoms with Gasteiger partial charge in [0.25, 0.3) is 0 Å². The van der Waals surface area contributed by atoms with Gasteiger partial charge in [0.15, 0.2) is 0 Å². The first kappa shape index (κ1) is 9.44. The zero-order valence-corrected chi connectivity index (χ0v) is 8.09. The maximum absolute atomic E-state index is 10.2. The lowest BCUT2D eigenvalue weighted by atomic mass is 9.86. The van der Waals surface area contributed by atoms with E-state index in [2.05, 4.69) is 5.32 Å². The normalized spacial score (nSPS) is 33.5. The third-order valence-electron chi connectivity index (χ3n) is 3.17. The van der Waals surface area contributed by atoms with Gasteiger partial charge in [0.1, 0.15) is 0 Å². The van der Waals surface area contributed by atoms with Crippen LogP contribution in [0.4, 0.5) is 0 Å². The van der Waals surface area contributed by atoms with E-state index < -0.39 is 5.60 Å². The Balaban J connectivity index is 1.83. The summed E-state index contributed by atoms with van der Waals surface area (Å²) in [4.78, 5) is 0. The Morgan fingerprint density at radius 2 is 2.15 bits per heavy atom. The fraction of sp³-hybridized carbons (Fsp3) is 1.00. The molecule has 1 atom stereocenters. The average molecular weight is 185 g/mol. The monoisotopic (exact) mass is 185 g/mol. The Bertz CT molecular complexity index is 160. The fourth-order valence-electron chi connectivity index (χ4n) is 2.33. The smallest absolute Gasteiger partial charge is 0.0696 e. The van der Waals surface area contributed by atoms with Gasteiger partial charge in [0, 0.05) is 13.0 Å². The van der Waals surface area contributed by atoms with Gasteiger partial charge in [-0.15, -0.1) is 0 Å². The van der Waals surface area contributed by atoms with E-state index in [4.69, 9.17) is 4.74 Å². The molecule has 0 bridgehead atoms. The molecule has 2 saturated heterocycles. The summed E-state index contributed by atoms with van der Waals surface area (Å²) in [6.45, 7) is 2.78. The molecule has 3 heteroatoms. The molecular formula is C10H19NO2. The quantitative estimate of drug-likeness (QED) is 0.664. The lowest BCUT2D eigenvalue weighted by Gasteiger charge is -2.34. The van der Waals surface area contributed by atoms with Gasteiger partial charge in [-0.05, 0) is 38.8 Å². The predicted molar refractivity (Wildman–Crippen MR) is 50.6 cm³/mol. The number of rotatable bonds is 2. The molecule has 13 heavy (non-hydrogen) atoms. The zero-order valence-electron chi connectivity index (χ0n) is 8.09. The molecule has 0 aliphatic carbocycles. The first-order valence-corrected chi connectivity index (χ1v) is 5.33. The molecule has 1 unspecified atom stereocenters. The van der Waals surface area contributed by atoms with E-state index in [0.717, 1.165) is 45.4 Å². The van der Waals surface area contributed by atoms with Crippen LogP contribution in [0.5, 0.6) is 0 Å². The molecule has 2 rings (SSSR count). The summed E-state index contributed by atoms with van der Waals surface area (Å²) >= 11 is 0. The standard InChI is InChI=1S/C10H19NO2/c12-10(3-5-11-6-4-10)8-9-2-1-7-13-9/h9,11-12H,1-8H2. The van der Waals surface area contributed by atoms with E-state index in [0.29, 0.717) is 6.10 Å². The summed E-state index contributed by atoms with van der Waals surface area (Å²) < 4.78 is 5.54. The van der Waals surface area contributed by atoms with Crippen molar-refractivity contribution < 1.29 is 9.84 Å². The molecule has 76 valence electrons. The molecule has 0 aromatic carbocycles. The van der Waals surface area contributed by atoms with E-state index >= 15 is 0 Å². The third-order valence-corrected chi connectivity index (χ3v) is 3.17. The zero-order chi connectivity index (χ0) is 9.15. The number of aliphatic hydroxyl groups is 1. The molecule has 0 aromatic heterocycles. The summed E-state index contributed by atoms with van der Waals surface area (Å²) in [6.07, 6.45) is 5.23. The maximum Gasteiger partial charge on any atom is 0.0696 e. The summed E-state index contributed by atoms with van der Waals surface area (Å²) in [5.74, 6) is 0. The SMILES string of the molecule is OC1(CC2CCCO2)CCNCC1. The van der Waals surface area contributed by atoms with Gasteiger partial charge >= 0.3 is 0 Å². The van der Waals surface area contributed by atoms with Crippen LogP contribution in [0.2, 0.25) is 0 Å². The minimum Gasteiger partial charge on any atom is -0.390 e. The Hall–Kier alpha value is -0.120. The van der Waals surface area contributed by atoms with Crippen molar-refractivity contribution in [3.8, 4) is 0 Å². The van der Waals surface area contributed by atoms with Gasteiger partial charge in [0.05, 0.1) is 11.7 Å². The van der Waals surface area contributed by atoms with Gasteiger partial charge in [-0.1, -0.05) is 0 Å². The van der Waals surface area contributed by atoms with Crippen LogP contribution in [0.15, 0.2) is 0 Å². The Labute approximate surface area is 79.5 Å². The Morgan fingerprint density at radius 3 is 2.77 bits per heavy atom. The van der Waals surface area contributed by atoms with Gasteiger partial charge in [-0.25, -0.2) is 0 Å². The first-order valence-electron chi connectivity index (χ1n) is 5.33. The number of nitrogens with one attached hydrogen (secondary N) is 1. The third kappa shape index (κ3) is 2.42. The van der Waals surface area contributed by atoms with Crippen molar-refractivity contribution in [3.63, 3.8) is 0 Å². The molecule has 0 saturated carbocycles. The lowest BCUT2D eigenvalue weighted by molar-refractivity contribution is -0.0388. The number of piperidine rings is 1. The molecule has 2 N–H and O–H groups in total. The highest BCUT2D eigenvalue weighted by Gasteiger charge is 2.33. The second-order valence-electron chi connectivity index (χ2n) is 4.31. The minimum absolute atomic E-state index is 0.322. The Kier molecular flexibility index (Phi) is 2.86. The summed E-state index contributed by atoms with van der Waals surface area (Å²) in [6, 6.07) is 0. The topological polar surface area (TPSA) is 41.5 Å². The molecule has 0 amide bonds. The molecule has 0 radical (unpaired) electrons. The minimum atomic E-state index is -0.444. The summed E-state index contributed by atoms with van der Waals surface area (Å²) in [7, 11) is 0. The van der Waals surface area contributed by atoms with Gasteiger partial charge < -0.3 is 15.2 Å². The van der Waals surface area contributed by atoms with Crippen molar-refractivity contribution >= 4 is 0 Å².